The van der Waals surface area contributed by atoms with Gasteiger partial charge in [-0.3, -0.25) is 9.78 Å². The normalized spacial score (nSPS) is 17.0. The van der Waals surface area contributed by atoms with Gasteiger partial charge >= 0.3 is 0 Å². The van der Waals surface area contributed by atoms with Crippen LogP contribution in [0.2, 0.25) is 0 Å². The van der Waals surface area contributed by atoms with Crippen LogP contribution in [0.3, 0.4) is 0 Å². The zero-order valence-corrected chi connectivity index (χ0v) is 15.3. The SMILES string of the molecule is CCOc1ncccc1C(=O)N1CCCC(Cc2nccnc2NC)C1. The molecule has 1 unspecified atom stereocenters. The molecular weight excluding hydrogens is 330 g/mol. The van der Waals surface area contributed by atoms with Gasteiger partial charge in [-0.05, 0) is 44.2 Å². The van der Waals surface area contributed by atoms with Crippen LogP contribution in [-0.4, -0.2) is 52.5 Å². The van der Waals surface area contributed by atoms with Crippen molar-refractivity contribution < 1.29 is 9.53 Å². The Kier molecular flexibility index (Phi) is 5.99. The summed E-state index contributed by atoms with van der Waals surface area (Å²) in [5, 5.41) is 3.09. The maximum atomic E-state index is 13.0. The van der Waals surface area contributed by atoms with E-state index in [1.54, 1.807) is 30.7 Å². The molecule has 1 amide bonds. The van der Waals surface area contributed by atoms with Crippen LogP contribution in [0.1, 0.15) is 35.8 Å². The Balaban J connectivity index is 1.71. The molecule has 0 radical (unpaired) electrons. The summed E-state index contributed by atoms with van der Waals surface area (Å²) in [7, 11) is 1.85. The molecule has 1 saturated heterocycles. The van der Waals surface area contributed by atoms with E-state index in [1.807, 2.05) is 18.9 Å². The second kappa shape index (κ2) is 8.60. The monoisotopic (exact) mass is 355 g/mol. The van der Waals surface area contributed by atoms with Crippen molar-refractivity contribution in [2.45, 2.75) is 26.2 Å². The van der Waals surface area contributed by atoms with E-state index in [1.165, 1.54) is 0 Å². The summed E-state index contributed by atoms with van der Waals surface area (Å²) < 4.78 is 5.52. The second-order valence-corrected chi connectivity index (χ2v) is 6.35. The maximum Gasteiger partial charge on any atom is 0.259 e. The summed E-state index contributed by atoms with van der Waals surface area (Å²) in [6.07, 6.45) is 7.91. The van der Waals surface area contributed by atoms with Gasteiger partial charge in [0.1, 0.15) is 11.4 Å². The van der Waals surface area contributed by atoms with Gasteiger partial charge in [-0.25, -0.2) is 9.97 Å². The molecule has 7 heteroatoms. The Bertz CT molecular complexity index is 752. The molecule has 1 atom stereocenters. The number of nitrogens with zero attached hydrogens (tertiary/aromatic N) is 4. The molecule has 0 aliphatic carbocycles. The van der Waals surface area contributed by atoms with E-state index >= 15 is 0 Å². The Morgan fingerprint density at radius 3 is 2.96 bits per heavy atom. The van der Waals surface area contributed by atoms with Crippen LogP contribution in [0.25, 0.3) is 0 Å². The molecule has 0 aromatic carbocycles. The summed E-state index contributed by atoms with van der Waals surface area (Å²) in [5.41, 5.74) is 1.48. The smallest absolute Gasteiger partial charge is 0.259 e. The van der Waals surface area contributed by atoms with Crippen molar-refractivity contribution in [1.29, 1.82) is 0 Å². The number of pyridine rings is 1. The third kappa shape index (κ3) is 4.09. The van der Waals surface area contributed by atoms with Crippen LogP contribution >= 0.6 is 0 Å². The molecule has 26 heavy (non-hydrogen) atoms. The lowest BCUT2D eigenvalue weighted by atomic mass is 9.92. The number of ether oxygens (including phenoxy) is 1. The van der Waals surface area contributed by atoms with Crippen LogP contribution in [0.15, 0.2) is 30.7 Å². The molecule has 2 aromatic rings. The summed E-state index contributed by atoms with van der Waals surface area (Å²) in [4.78, 5) is 27.9. The second-order valence-electron chi connectivity index (χ2n) is 6.35. The van der Waals surface area contributed by atoms with Crippen molar-refractivity contribution in [1.82, 2.24) is 19.9 Å². The third-order valence-electron chi connectivity index (χ3n) is 4.58. The van der Waals surface area contributed by atoms with Crippen molar-refractivity contribution in [3.05, 3.63) is 42.0 Å². The van der Waals surface area contributed by atoms with Gasteiger partial charge in [0.25, 0.3) is 5.91 Å². The largest absolute Gasteiger partial charge is 0.477 e. The summed E-state index contributed by atoms with van der Waals surface area (Å²) in [6.45, 7) is 3.84. The van der Waals surface area contributed by atoms with Gasteiger partial charge in [-0.2, -0.15) is 0 Å². The summed E-state index contributed by atoms with van der Waals surface area (Å²) in [5.74, 6) is 1.57. The zero-order chi connectivity index (χ0) is 18.4. The average Bonchev–Trinajstić information content (AvgIpc) is 2.69. The fraction of sp³-hybridized carbons (Fsp3) is 0.474. The number of likely N-dealkylation sites (tertiary alicyclic amines) is 1. The van der Waals surface area contributed by atoms with E-state index in [0.29, 0.717) is 30.5 Å². The van der Waals surface area contributed by atoms with Crippen molar-refractivity contribution in [3.8, 4) is 5.88 Å². The number of piperidine rings is 1. The Labute approximate surface area is 153 Å². The number of hydrogen-bond acceptors (Lipinski definition) is 6. The minimum atomic E-state index is -0.0146. The van der Waals surface area contributed by atoms with E-state index in [2.05, 4.69) is 20.3 Å². The molecule has 0 spiro atoms. The van der Waals surface area contributed by atoms with E-state index in [4.69, 9.17) is 4.74 Å². The third-order valence-corrected chi connectivity index (χ3v) is 4.58. The minimum Gasteiger partial charge on any atom is -0.477 e. The summed E-state index contributed by atoms with van der Waals surface area (Å²) >= 11 is 0. The van der Waals surface area contributed by atoms with Gasteiger partial charge < -0.3 is 15.0 Å². The Morgan fingerprint density at radius 1 is 1.31 bits per heavy atom. The number of amides is 1. The highest BCUT2D eigenvalue weighted by molar-refractivity contribution is 5.96. The average molecular weight is 355 g/mol. The Hall–Kier alpha value is -2.70. The van der Waals surface area contributed by atoms with Crippen LogP contribution < -0.4 is 10.1 Å². The van der Waals surface area contributed by atoms with E-state index in [9.17, 15) is 4.79 Å². The molecule has 7 nitrogen and oxygen atoms in total. The fourth-order valence-corrected chi connectivity index (χ4v) is 3.39. The number of aromatic nitrogens is 3. The van der Waals surface area contributed by atoms with Crippen LogP contribution in [0, 0.1) is 5.92 Å². The molecule has 3 heterocycles. The van der Waals surface area contributed by atoms with Gasteiger partial charge in [-0.1, -0.05) is 0 Å². The molecule has 1 fully saturated rings. The maximum absolute atomic E-state index is 13.0. The van der Waals surface area contributed by atoms with Gasteiger partial charge in [0, 0.05) is 38.7 Å². The lowest BCUT2D eigenvalue weighted by Crippen LogP contribution is -2.40. The van der Waals surface area contributed by atoms with Crippen LogP contribution in [0.4, 0.5) is 5.82 Å². The molecule has 2 aromatic heterocycles. The highest BCUT2D eigenvalue weighted by Gasteiger charge is 2.27. The van der Waals surface area contributed by atoms with E-state index in [-0.39, 0.29) is 5.91 Å². The molecule has 1 aliphatic rings. The highest BCUT2D eigenvalue weighted by Crippen LogP contribution is 2.25. The topological polar surface area (TPSA) is 80.2 Å². The molecule has 0 saturated carbocycles. The van der Waals surface area contributed by atoms with Gasteiger partial charge in [0.15, 0.2) is 0 Å². The number of anilines is 1. The summed E-state index contributed by atoms with van der Waals surface area (Å²) in [6, 6.07) is 3.56. The Morgan fingerprint density at radius 2 is 2.15 bits per heavy atom. The first kappa shape index (κ1) is 18.1. The first-order chi connectivity index (χ1) is 12.7. The van der Waals surface area contributed by atoms with Crippen LogP contribution in [0.5, 0.6) is 5.88 Å². The molecule has 1 N–H and O–H groups in total. The van der Waals surface area contributed by atoms with Crippen molar-refractivity contribution in [3.63, 3.8) is 0 Å². The number of carbonyl (C=O) groups is 1. The molecule has 1 aliphatic heterocycles. The van der Waals surface area contributed by atoms with Crippen molar-refractivity contribution in [2.75, 3.05) is 32.1 Å². The highest BCUT2D eigenvalue weighted by atomic mass is 16.5. The van der Waals surface area contributed by atoms with Crippen molar-refractivity contribution >= 4 is 11.7 Å². The number of nitrogens with one attached hydrogen (secondary N) is 1. The quantitative estimate of drug-likeness (QED) is 0.857. The van der Waals surface area contributed by atoms with Gasteiger partial charge in [0.05, 0.1) is 12.3 Å². The zero-order valence-electron chi connectivity index (χ0n) is 15.3. The number of hydrogen-bond donors (Lipinski definition) is 1. The lowest BCUT2D eigenvalue weighted by molar-refractivity contribution is 0.0668. The van der Waals surface area contributed by atoms with Gasteiger partial charge in [-0.15, -0.1) is 0 Å². The predicted octanol–water partition coefficient (Wildman–Crippen LogP) is 2.41. The van der Waals surface area contributed by atoms with Crippen molar-refractivity contribution in [2.24, 2.45) is 5.92 Å². The standard InChI is InChI=1S/C19H25N5O2/c1-3-26-18-15(7-4-8-23-18)19(25)24-11-5-6-14(13-24)12-16-17(20-2)22-10-9-21-16/h4,7-10,14H,3,5-6,11-13H2,1-2H3,(H,20,22). The predicted molar refractivity (Wildman–Crippen MR) is 99.3 cm³/mol. The number of carbonyl (C=O) groups excluding carboxylic acids is 1. The molecule has 3 rings (SSSR count). The fourth-order valence-electron chi connectivity index (χ4n) is 3.39. The molecule has 0 bridgehead atoms. The minimum absolute atomic E-state index is 0.0146. The van der Waals surface area contributed by atoms with E-state index in [0.717, 1.165) is 37.3 Å². The first-order valence-corrected chi connectivity index (χ1v) is 9.07. The van der Waals surface area contributed by atoms with Gasteiger partial charge in [0.2, 0.25) is 5.88 Å². The van der Waals surface area contributed by atoms with Crippen LogP contribution in [-0.2, 0) is 6.42 Å². The molecule has 138 valence electrons. The first-order valence-electron chi connectivity index (χ1n) is 9.07. The van der Waals surface area contributed by atoms with E-state index < -0.39 is 0 Å². The lowest BCUT2D eigenvalue weighted by Gasteiger charge is -2.33. The number of rotatable bonds is 6. The molecular formula is C19H25N5O2.